The van der Waals surface area contributed by atoms with Gasteiger partial charge in [0.2, 0.25) is 10.0 Å². The molecule has 0 saturated carbocycles. The zero-order chi connectivity index (χ0) is 20.1. The summed E-state index contributed by atoms with van der Waals surface area (Å²) in [5, 5.41) is 11.0. The summed E-state index contributed by atoms with van der Waals surface area (Å²) in [6, 6.07) is 21.1. The van der Waals surface area contributed by atoms with Gasteiger partial charge in [0.15, 0.2) is 0 Å². The zero-order valence-electron chi connectivity index (χ0n) is 15.0. The molecule has 3 aromatic rings. The highest BCUT2D eigenvalue weighted by atomic mass is 32.2. The highest BCUT2D eigenvalue weighted by molar-refractivity contribution is 7.89. The fraction of sp³-hybridized carbons (Fsp3) is 0.100. The summed E-state index contributed by atoms with van der Waals surface area (Å²) in [7, 11) is -2.77. The quantitative estimate of drug-likeness (QED) is 0.484. The molecule has 0 heterocycles. The molecule has 0 amide bonds. The third-order valence-electron chi connectivity index (χ3n) is 4.19. The Morgan fingerprint density at radius 2 is 1.46 bits per heavy atom. The number of rotatable bonds is 7. The van der Waals surface area contributed by atoms with Crippen molar-refractivity contribution in [3.63, 3.8) is 0 Å². The monoisotopic (exact) mass is 398 g/mol. The summed E-state index contributed by atoms with van der Waals surface area (Å²) < 4.78 is 34.0. The number of ether oxygens (including phenoxy) is 1. The summed E-state index contributed by atoms with van der Waals surface area (Å²) in [5.41, 5.74) is 1.27. The van der Waals surface area contributed by atoms with Crippen LogP contribution in [0.2, 0.25) is 0 Å². The minimum Gasteiger partial charge on any atom is -0.495 e. The summed E-state index contributed by atoms with van der Waals surface area (Å²) >= 11 is 0. The lowest BCUT2D eigenvalue weighted by atomic mass is 10.00. The van der Waals surface area contributed by atoms with Gasteiger partial charge in [-0.1, -0.05) is 60.7 Å². The van der Waals surface area contributed by atoms with Gasteiger partial charge in [0.05, 0.1) is 24.1 Å². The predicted octanol–water partition coefficient (Wildman–Crippen LogP) is 3.67. The number of nitrogens with zero attached hydrogens (tertiary/aromatic N) is 1. The summed E-state index contributed by atoms with van der Waals surface area (Å²) in [6.07, 6.45) is 0. The molecular weight excluding hydrogens is 380 g/mol. The van der Waals surface area contributed by atoms with E-state index < -0.39 is 21.0 Å². The van der Waals surface area contributed by atoms with E-state index >= 15 is 0 Å². The van der Waals surface area contributed by atoms with Crippen molar-refractivity contribution >= 4 is 15.7 Å². The molecule has 144 valence electrons. The molecule has 0 aromatic heterocycles. The van der Waals surface area contributed by atoms with Gasteiger partial charge in [0, 0.05) is 6.07 Å². The largest absolute Gasteiger partial charge is 0.495 e. The van der Waals surface area contributed by atoms with Gasteiger partial charge in [0.1, 0.15) is 10.6 Å². The van der Waals surface area contributed by atoms with Gasteiger partial charge >= 0.3 is 0 Å². The maximum atomic E-state index is 13.1. The molecule has 3 rings (SSSR count). The topological polar surface area (TPSA) is 98.5 Å². The molecular formula is C20H18N2O5S. The molecule has 1 N–H and O–H groups in total. The standard InChI is InChI=1S/C20H18N2O5S/c1-27-18-14-17(22(23)24)12-13-19(18)28(25,26)21-20(15-8-4-2-5-9-15)16-10-6-3-7-11-16/h2-14,20-21H,1H3. The second-order valence-corrected chi connectivity index (χ2v) is 7.65. The molecule has 0 saturated heterocycles. The van der Waals surface area contributed by atoms with Crippen molar-refractivity contribution in [3.8, 4) is 5.75 Å². The first-order valence-corrected chi connectivity index (χ1v) is 9.85. The first-order valence-electron chi connectivity index (χ1n) is 8.37. The molecule has 0 unspecified atom stereocenters. The van der Waals surface area contributed by atoms with E-state index in [2.05, 4.69) is 4.72 Å². The Hall–Kier alpha value is -3.23. The second-order valence-electron chi connectivity index (χ2n) is 5.97. The Balaban J connectivity index is 2.04. The van der Waals surface area contributed by atoms with E-state index in [0.29, 0.717) is 0 Å². The number of hydrogen-bond donors (Lipinski definition) is 1. The second kappa shape index (κ2) is 8.20. The molecule has 0 bridgehead atoms. The first-order chi connectivity index (χ1) is 13.4. The molecule has 3 aromatic carbocycles. The molecule has 8 heteroatoms. The molecule has 0 aliphatic carbocycles. The number of hydrogen-bond acceptors (Lipinski definition) is 5. The summed E-state index contributed by atoms with van der Waals surface area (Å²) in [4.78, 5) is 10.2. The van der Waals surface area contributed by atoms with E-state index in [1.165, 1.54) is 13.2 Å². The average Bonchev–Trinajstić information content (AvgIpc) is 2.72. The van der Waals surface area contributed by atoms with Gasteiger partial charge < -0.3 is 4.74 Å². The van der Waals surface area contributed by atoms with Crippen LogP contribution in [0.1, 0.15) is 17.2 Å². The van der Waals surface area contributed by atoms with Crippen LogP contribution in [-0.2, 0) is 10.0 Å². The van der Waals surface area contributed by atoms with E-state index in [9.17, 15) is 18.5 Å². The number of benzene rings is 3. The maximum absolute atomic E-state index is 13.1. The van der Waals surface area contributed by atoms with E-state index in [0.717, 1.165) is 23.3 Å². The first kappa shape index (κ1) is 19.5. The molecule has 0 aliphatic rings. The van der Waals surface area contributed by atoms with Crippen molar-refractivity contribution in [2.24, 2.45) is 0 Å². The van der Waals surface area contributed by atoms with Crippen molar-refractivity contribution in [1.29, 1.82) is 0 Å². The molecule has 0 atom stereocenters. The summed E-state index contributed by atoms with van der Waals surface area (Å²) in [5.74, 6) is -0.0958. The van der Waals surface area contributed by atoms with Crippen LogP contribution in [0.25, 0.3) is 0 Å². The van der Waals surface area contributed by atoms with Gasteiger partial charge in [-0.2, -0.15) is 4.72 Å². The predicted molar refractivity (Wildman–Crippen MR) is 105 cm³/mol. The number of nitro groups is 1. The Labute approximate surface area is 162 Å². The van der Waals surface area contributed by atoms with Gasteiger partial charge in [-0.15, -0.1) is 0 Å². The zero-order valence-corrected chi connectivity index (χ0v) is 15.8. The Morgan fingerprint density at radius 1 is 0.929 bits per heavy atom. The third kappa shape index (κ3) is 4.19. The number of nitrogens with one attached hydrogen (secondary N) is 1. The molecule has 0 fully saturated rings. The number of methoxy groups -OCH3 is 1. The Morgan fingerprint density at radius 3 is 1.93 bits per heavy atom. The Bertz CT molecular complexity index is 1030. The Kier molecular flexibility index (Phi) is 5.72. The fourth-order valence-electron chi connectivity index (χ4n) is 2.83. The molecule has 0 aliphatic heterocycles. The van der Waals surface area contributed by atoms with Crippen LogP contribution in [0.15, 0.2) is 83.8 Å². The minimum atomic E-state index is -4.04. The molecule has 0 spiro atoms. The minimum absolute atomic E-state index is 0.0958. The van der Waals surface area contributed by atoms with Crippen molar-refractivity contribution in [2.45, 2.75) is 10.9 Å². The van der Waals surface area contributed by atoms with Gasteiger partial charge in [-0.05, 0) is 17.2 Å². The normalized spacial score (nSPS) is 11.4. The van der Waals surface area contributed by atoms with Crippen molar-refractivity contribution in [1.82, 2.24) is 4.72 Å². The molecule has 0 radical (unpaired) electrons. The van der Waals surface area contributed by atoms with Crippen LogP contribution in [-0.4, -0.2) is 20.5 Å². The lowest BCUT2D eigenvalue weighted by Gasteiger charge is -2.20. The van der Waals surface area contributed by atoms with Crippen molar-refractivity contribution in [2.75, 3.05) is 7.11 Å². The van der Waals surface area contributed by atoms with Crippen LogP contribution in [0.5, 0.6) is 5.75 Å². The van der Waals surface area contributed by atoms with Crippen LogP contribution in [0, 0.1) is 10.1 Å². The van der Waals surface area contributed by atoms with Crippen molar-refractivity contribution in [3.05, 3.63) is 100 Å². The maximum Gasteiger partial charge on any atom is 0.273 e. The average molecular weight is 398 g/mol. The lowest BCUT2D eigenvalue weighted by molar-refractivity contribution is -0.385. The summed E-state index contributed by atoms with van der Waals surface area (Å²) in [6.45, 7) is 0. The fourth-order valence-corrected chi connectivity index (χ4v) is 4.19. The molecule has 7 nitrogen and oxygen atoms in total. The lowest BCUT2D eigenvalue weighted by Crippen LogP contribution is -2.29. The number of sulfonamides is 1. The van der Waals surface area contributed by atoms with Gasteiger partial charge in [0.25, 0.3) is 5.69 Å². The van der Waals surface area contributed by atoms with Crippen LogP contribution in [0.3, 0.4) is 0 Å². The van der Waals surface area contributed by atoms with E-state index in [1.54, 1.807) is 0 Å². The van der Waals surface area contributed by atoms with Crippen LogP contribution < -0.4 is 9.46 Å². The van der Waals surface area contributed by atoms with E-state index in [-0.39, 0.29) is 16.3 Å². The van der Waals surface area contributed by atoms with E-state index in [4.69, 9.17) is 4.74 Å². The van der Waals surface area contributed by atoms with Crippen LogP contribution >= 0.6 is 0 Å². The van der Waals surface area contributed by atoms with Gasteiger partial charge in [-0.3, -0.25) is 10.1 Å². The highest BCUT2D eigenvalue weighted by Crippen LogP contribution is 2.31. The number of nitro benzene ring substituents is 1. The van der Waals surface area contributed by atoms with Crippen LogP contribution in [0.4, 0.5) is 5.69 Å². The highest BCUT2D eigenvalue weighted by Gasteiger charge is 2.27. The smallest absolute Gasteiger partial charge is 0.273 e. The van der Waals surface area contributed by atoms with Gasteiger partial charge in [-0.25, -0.2) is 8.42 Å². The van der Waals surface area contributed by atoms with E-state index in [1.807, 2.05) is 60.7 Å². The van der Waals surface area contributed by atoms with Crippen molar-refractivity contribution < 1.29 is 18.1 Å². The molecule has 28 heavy (non-hydrogen) atoms. The number of non-ortho nitro benzene ring substituents is 1. The third-order valence-corrected chi connectivity index (χ3v) is 5.65. The SMILES string of the molecule is COc1cc([N+](=O)[O-])ccc1S(=O)(=O)NC(c1ccccc1)c1ccccc1.